The van der Waals surface area contributed by atoms with Gasteiger partial charge < -0.3 is 4.74 Å². The van der Waals surface area contributed by atoms with Crippen LogP contribution in [0.3, 0.4) is 0 Å². The SMILES string of the molecule is C.C.CC(=O)OC(C)C.CCC.[Y]. The molecule has 0 amide bonds. The molecule has 0 bridgehead atoms. The molecule has 0 spiro atoms. The second-order valence-electron chi connectivity index (χ2n) is 2.37. The molecule has 2 nitrogen and oxygen atoms in total. The van der Waals surface area contributed by atoms with Crippen LogP contribution in [-0.2, 0) is 42.2 Å². The van der Waals surface area contributed by atoms with Gasteiger partial charge in [0, 0.05) is 39.6 Å². The van der Waals surface area contributed by atoms with Crippen LogP contribution < -0.4 is 0 Å². The average molecular weight is 267 g/mol. The molecule has 0 heterocycles. The third kappa shape index (κ3) is 67.2. The van der Waals surface area contributed by atoms with Gasteiger partial charge in [0.25, 0.3) is 0 Å². The van der Waals surface area contributed by atoms with Crippen molar-refractivity contribution in [1.29, 1.82) is 0 Å². The van der Waals surface area contributed by atoms with Gasteiger partial charge in [-0.2, -0.15) is 0 Å². The fraction of sp³-hybridized carbons (Fsp3) is 0.900. The Morgan fingerprint density at radius 2 is 1.46 bits per heavy atom. The Kier molecular flexibility index (Phi) is 51.5. The molecule has 1 radical (unpaired) electrons. The number of hydrogen-bond acceptors (Lipinski definition) is 2. The smallest absolute Gasteiger partial charge is 0.302 e. The van der Waals surface area contributed by atoms with E-state index in [9.17, 15) is 4.79 Å². The maximum absolute atomic E-state index is 10.0. The molecule has 0 unspecified atom stereocenters. The van der Waals surface area contributed by atoms with Crippen molar-refractivity contribution < 1.29 is 42.2 Å². The van der Waals surface area contributed by atoms with Gasteiger partial charge >= 0.3 is 5.97 Å². The van der Waals surface area contributed by atoms with Crippen LogP contribution in [0.25, 0.3) is 0 Å². The monoisotopic (exact) mass is 267 g/mol. The average Bonchev–Trinajstić information content (AvgIpc) is 1.62. The number of rotatable bonds is 1. The molecule has 13 heavy (non-hydrogen) atoms. The van der Waals surface area contributed by atoms with Gasteiger partial charge in [0.05, 0.1) is 6.10 Å². The van der Waals surface area contributed by atoms with Crippen molar-refractivity contribution in [2.24, 2.45) is 0 Å². The summed E-state index contributed by atoms with van der Waals surface area (Å²) in [7, 11) is 0. The molecule has 0 aromatic carbocycles. The van der Waals surface area contributed by atoms with Gasteiger partial charge in [-0.3, -0.25) is 4.79 Å². The van der Waals surface area contributed by atoms with Crippen LogP contribution in [0, 0.1) is 0 Å². The molecule has 0 saturated carbocycles. The summed E-state index contributed by atoms with van der Waals surface area (Å²) >= 11 is 0. The number of ether oxygens (including phenoxy) is 1. The molecular weight excluding hydrogens is 241 g/mol. The van der Waals surface area contributed by atoms with Crippen LogP contribution in [0.1, 0.15) is 55.9 Å². The molecule has 81 valence electrons. The summed E-state index contributed by atoms with van der Waals surface area (Å²) in [6.07, 6.45) is 1.28. The fourth-order valence-corrected chi connectivity index (χ4v) is 0.332. The first-order valence-electron chi connectivity index (χ1n) is 3.71. The second kappa shape index (κ2) is 22.9. The van der Waals surface area contributed by atoms with Gasteiger partial charge in [-0.05, 0) is 13.8 Å². The Labute approximate surface area is 110 Å². The maximum Gasteiger partial charge on any atom is 0.302 e. The summed E-state index contributed by atoms with van der Waals surface area (Å²) in [6, 6.07) is 0. The molecule has 0 rings (SSSR count). The van der Waals surface area contributed by atoms with Crippen molar-refractivity contribution in [3.8, 4) is 0 Å². The van der Waals surface area contributed by atoms with Crippen LogP contribution in [0.5, 0.6) is 0 Å². The number of carbonyl (C=O) groups is 1. The predicted octanol–water partition coefficient (Wildman–Crippen LogP) is 3.64. The predicted molar refractivity (Wildman–Crippen MR) is 56.3 cm³/mol. The quantitative estimate of drug-likeness (QED) is 0.678. The Balaban J connectivity index is -0.0000000320. The molecule has 0 fully saturated rings. The van der Waals surface area contributed by atoms with E-state index in [4.69, 9.17) is 0 Å². The minimum Gasteiger partial charge on any atom is -0.463 e. The van der Waals surface area contributed by atoms with Crippen molar-refractivity contribution in [2.45, 2.75) is 62.0 Å². The molecule has 0 aliphatic rings. The third-order valence-electron chi connectivity index (χ3n) is 0.402. The first-order valence-corrected chi connectivity index (χ1v) is 3.71. The van der Waals surface area contributed by atoms with Gasteiger partial charge in [0.2, 0.25) is 0 Å². The summed E-state index contributed by atoms with van der Waals surface area (Å²) in [6.45, 7) is 9.29. The molecule has 0 atom stereocenters. The zero-order valence-corrected chi connectivity index (χ0v) is 11.0. The van der Waals surface area contributed by atoms with Gasteiger partial charge in [0.1, 0.15) is 0 Å². The van der Waals surface area contributed by atoms with Crippen molar-refractivity contribution in [3.63, 3.8) is 0 Å². The van der Waals surface area contributed by atoms with Crippen LogP contribution in [0.15, 0.2) is 0 Å². The first kappa shape index (κ1) is 29.2. The summed E-state index contributed by atoms with van der Waals surface area (Å²) < 4.78 is 4.61. The Morgan fingerprint density at radius 1 is 1.23 bits per heavy atom. The topological polar surface area (TPSA) is 26.3 Å². The molecule has 0 N–H and O–H groups in total. The number of esters is 1. The largest absolute Gasteiger partial charge is 0.463 e. The zero-order chi connectivity index (χ0) is 8.57. The van der Waals surface area contributed by atoms with Crippen molar-refractivity contribution in [3.05, 3.63) is 0 Å². The molecule has 0 aromatic heterocycles. The molecule has 0 aliphatic carbocycles. The Morgan fingerprint density at radius 3 is 1.46 bits per heavy atom. The van der Waals surface area contributed by atoms with Crippen molar-refractivity contribution >= 4 is 5.97 Å². The fourth-order valence-electron chi connectivity index (χ4n) is 0.332. The minimum atomic E-state index is -0.213. The van der Waals surface area contributed by atoms with E-state index in [1.54, 1.807) is 0 Å². The summed E-state index contributed by atoms with van der Waals surface area (Å²) in [4.78, 5) is 10.0. The number of hydrogen-bond donors (Lipinski definition) is 0. The minimum absolute atomic E-state index is 0. The van der Waals surface area contributed by atoms with E-state index in [1.165, 1.54) is 13.3 Å². The van der Waals surface area contributed by atoms with E-state index in [0.29, 0.717) is 0 Å². The summed E-state index contributed by atoms with van der Waals surface area (Å²) in [5.74, 6) is -0.213. The molecule has 3 heteroatoms. The molecule has 0 saturated heterocycles. The van der Waals surface area contributed by atoms with Crippen molar-refractivity contribution in [1.82, 2.24) is 0 Å². The Bertz CT molecular complexity index is 83.0. The van der Waals surface area contributed by atoms with Crippen LogP contribution in [-0.4, -0.2) is 12.1 Å². The van der Waals surface area contributed by atoms with E-state index in [1.807, 2.05) is 13.8 Å². The van der Waals surface area contributed by atoms with E-state index in [0.717, 1.165) is 0 Å². The van der Waals surface area contributed by atoms with Gasteiger partial charge in [0.15, 0.2) is 0 Å². The van der Waals surface area contributed by atoms with Crippen molar-refractivity contribution in [2.75, 3.05) is 0 Å². The van der Waals surface area contributed by atoms with Crippen LogP contribution in [0.2, 0.25) is 0 Å². The molecule has 0 aliphatic heterocycles. The maximum atomic E-state index is 10.0. The van der Waals surface area contributed by atoms with E-state index in [2.05, 4.69) is 18.6 Å². The third-order valence-corrected chi connectivity index (χ3v) is 0.402. The van der Waals surface area contributed by atoms with Crippen LogP contribution in [0.4, 0.5) is 0 Å². The van der Waals surface area contributed by atoms with Crippen LogP contribution >= 0.6 is 0 Å². The summed E-state index contributed by atoms with van der Waals surface area (Å²) in [5.41, 5.74) is 0. The number of carbonyl (C=O) groups excluding carboxylic acids is 1. The zero-order valence-electron chi connectivity index (χ0n) is 8.18. The van der Waals surface area contributed by atoms with E-state index < -0.39 is 0 Å². The normalized spacial score (nSPS) is 6.31. The first-order chi connectivity index (χ1) is 4.54. The van der Waals surface area contributed by atoms with Gasteiger partial charge in [-0.25, -0.2) is 0 Å². The molecule has 0 aromatic rings. The second-order valence-corrected chi connectivity index (χ2v) is 2.37. The van der Waals surface area contributed by atoms with Gasteiger partial charge in [-0.1, -0.05) is 35.1 Å². The Hall–Kier alpha value is 0.574. The molecular formula is C10H26O2Y. The van der Waals surface area contributed by atoms with E-state index >= 15 is 0 Å². The van der Waals surface area contributed by atoms with E-state index in [-0.39, 0.29) is 59.6 Å². The van der Waals surface area contributed by atoms with Gasteiger partial charge in [-0.15, -0.1) is 0 Å². The summed E-state index contributed by atoms with van der Waals surface area (Å²) in [5, 5.41) is 0. The standard InChI is InChI=1S/C5H10O2.C3H8.2CH4.Y/c1-4(2)7-5(3)6;1-3-2;;;/h4H,1-3H3;3H2,1-2H3;2*1H4;.